The summed E-state index contributed by atoms with van der Waals surface area (Å²) in [5.41, 5.74) is 5.00. The van der Waals surface area contributed by atoms with Gasteiger partial charge in [-0.2, -0.15) is 0 Å². The van der Waals surface area contributed by atoms with Crippen molar-refractivity contribution in [3.8, 4) is 0 Å². The van der Waals surface area contributed by atoms with Crippen molar-refractivity contribution in [1.29, 1.82) is 0 Å². The number of rotatable bonds is 2. The SMILES string of the molecule is N/C=C\C=N/CI. The fourth-order valence-corrected chi connectivity index (χ4v) is 0.378. The summed E-state index contributed by atoms with van der Waals surface area (Å²) in [7, 11) is 0. The predicted molar refractivity (Wildman–Crippen MR) is 40.7 cm³/mol. The molecule has 7 heavy (non-hydrogen) atoms. The molecule has 0 aliphatic carbocycles. The van der Waals surface area contributed by atoms with Gasteiger partial charge in [-0.15, -0.1) is 0 Å². The smallest absolute Gasteiger partial charge is 0.0904 e. The molecule has 3 heteroatoms. The van der Waals surface area contributed by atoms with Crippen LogP contribution in [0.15, 0.2) is 17.3 Å². The maximum absolute atomic E-state index is 5.00. The van der Waals surface area contributed by atoms with Crippen LogP contribution in [0.1, 0.15) is 0 Å². The maximum atomic E-state index is 5.00. The molecule has 0 amide bonds. The van der Waals surface area contributed by atoms with Crippen molar-refractivity contribution < 1.29 is 0 Å². The first-order valence-corrected chi connectivity index (χ1v) is 3.37. The molecular weight excluding hydrogens is 203 g/mol. The van der Waals surface area contributed by atoms with Crippen LogP contribution in [0.5, 0.6) is 0 Å². The Morgan fingerprint density at radius 2 is 2.43 bits per heavy atom. The molecule has 0 radical (unpaired) electrons. The van der Waals surface area contributed by atoms with Crippen molar-refractivity contribution in [3.63, 3.8) is 0 Å². The molecule has 2 N–H and O–H groups in total. The average molecular weight is 210 g/mol. The molecule has 0 atom stereocenters. The largest absolute Gasteiger partial charge is 0.405 e. The molecule has 2 nitrogen and oxygen atoms in total. The van der Waals surface area contributed by atoms with Gasteiger partial charge >= 0.3 is 0 Å². The van der Waals surface area contributed by atoms with Gasteiger partial charge in [-0.1, -0.05) is 22.6 Å². The maximum Gasteiger partial charge on any atom is 0.0904 e. The lowest BCUT2D eigenvalue weighted by atomic mass is 10.7. The lowest BCUT2D eigenvalue weighted by Crippen LogP contribution is -1.75. The van der Waals surface area contributed by atoms with Crippen LogP contribution in [-0.4, -0.2) is 10.8 Å². The van der Waals surface area contributed by atoms with Crippen molar-refractivity contribution in [3.05, 3.63) is 12.3 Å². The van der Waals surface area contributed by atoms with Gasteiger partial charge in [-0.25, -0.2) is 0 Å². The van der Waals surface area contributed by atoms with Crippen LogP contribution >= 0.6 is 22.6 Å². The van der Waals surface area contributed by atoms with Gasteiger partial charge in [-0.3, -0.25) is 4.99 Å². The van der Waals surface area contributed by atoms with E-state index in [1.807, 2.05) is 0 Å². The van der Waals surface area contributed by atoms with E-state index in [-0.39, 0.29) is 0 Å². The molecule has 0 aromatic carbocycles. The first kappa shape index (κ1) is 6.94. The highest BCUT2D eigenvalue weighted by molar-refractivity contribution is 14.1. The predicted octanol–water partition coefficient (Wildman–Crippen LogP) is 0.922. The number of hydrogen-bond acceptors (Lipinski definition) is 2. The minimum absolute atomic E-state index is 0.794. The van der Waals surface area contributed by atoms with Crippen molar-refractivity contribution in [2.24, 2.45) is 10.7 Å². The number of alkyl halides is 1. The van der Waals surface area contributed by atoms with Crippen LogP contribution in [0.3, 0.4) is 0 Å². The molecule has 0 aromatic rings. The van der Waals surface area contributed by atoms with Crippen LogP contribution in [-0.2, 0) is 0 Å². The molecular formula is C4H7IN2. The number of hydrogen-bond donors (Lipinski definition) is 1. The fourth-order valence-electron chi connectivity index (χ4n) is 0.150. The summed E-state index contributed by atoms with van der Waals surface area (Å²) < 4.78 is 0.794. The molecule has 0 rings (SSSR count). The Bertz CT molecular complexity index is 77.8. The monoisotopic (exact) mass is 210 g/mol. The molecule has 0 saturated carbocycles. The quantitative estimate of drug-likeness (QED) is 0.313. The minimum atomic E-state index is 0.794. The number of halogens is 1. The van der Waals surface area contributed by atoms with E-state index in [9.17, 15) is 0 Å². The fraction of sp³-hybridized carbons (Fsp3) is 0.250. The van der Waals surface area contributed by atoms with Gasteiger partial charge in [0, 0.05) is 6.21 Å². The summed E-state index contributed by atoms with van der Waals surface area (Å²) in [5, 5.41) is 0. The lowest BCUT2D eigenvalue weighted by molar-refractivity contribution is 1.44. The van der Waals surface area contributed by atoms with E-state index < -0.39 is 0 Å². The summed E-state index contributed by atoms with van der Waals surface area (Å²) in [4.78, 5) is 3.86. The van der Waals surface area contributed by atoms with Crippen molar-refractivity contribution >= 4 is 28.8 Å². The van der Waals surface area contributed by atoms with Crippen LogP contribution in [0.4, 0.5) is 0 Å². The first-order valence-electron chi connectivity index (χ1n) is 1.84. The Balaban J connectivity index is 3.09. The van der Waals surface area contributed by atoms with E-state index in [1.165, 1.54) is 6.20 Å². The summed E-state index contributed by atoms with van der Waals surface area (Å²) in [6, 6.07) is 0. The second-order valence-corrected chi connectivity index (χ2v) is 1.52. The van der Waals surface area contributed by atoms with Crippen molar-refractivity contribution in [2.45, 2.75) is 0 Å². The summed E-state index contributed by atoms with van der Waals surface area (Å²) in [6.45, 7) is 0. The number of nitrogens with zero attached hydrogens (tertiary/aromatic N) is 1. The van der Waals surface area contributed by atoms with E-state index in [4.69, 9.17) is 5.73 Å². The average Bonchev–Trinajstić information content (AvgIpc) is 1.69. The zero-order valence-corrected chi connectivity index (χ0v) is 6.00. The van der Waals surface area contributed by atoms with Gasteiger partial charge in [-0.05, 0) is 12.3 Å². The van der Waals surface area contributed by atoms with Crippen LogP contribution in [0.2, 0.25) is 0 Å². The standard InChI is InChI=1S/C4H7IN2/c5-4-7-3-1-2-6/h1-3H,4,6H2/b2-1-,7-3-. The lowest BCUT2D eigenvalue weighted by Gasteiger charge is -1.71. The molecule has 40 valence electrons. The van der Waals surface area contributed by atoms with Gasteiger partial charge in [0.1, 0.15) is 0 Å². The van der Waals surface area contributed by atoms with Crippen LogP contribution < -0.4 is 5.73 Å². The van der Waals surface area contributed by atoms with Gasteiger partial charge in [0.15, 0.2) is 0 Å². The highest BCUT2D eigenvalue weighted by atomic mass is 127. The normalized spacial score (nSPS) is 11.6. The minimum Gasteiger partial charge on any atom is -0.405 e. The highest BCUT2D eigenvalue weighted by Crippen LogP contribution is 1.77. The van der Waals surface area contributed by atoms with Gasteiger partial charge in [0.25, 0.3) is 0 Å². The van der Waals surface area contributed by atoms with Gasteiger partial charge in [0.2, 0.25) is 0 Å². The molecule has 0 aromatic heterocycles. The Kier molecular flexibility index (Phi) is 5.89. The molecule has 0 unspecified atom stereocenters. The second kappa shape index (κ2) is 5.94. The van der Waals surface area contributed by atoms with E-state index in [1.54, 1.807) is 12.3 Å². The van der Waals surface area contributed by atoms with Crippen LogP contribution in [0.25, 0.3) is 0 Å². The first-order chi connectivity index (χ1) is 3.41. The van der Waals surface area contributed by atoms with E-state index in [2.05, 4.69) is 27.6 Å². The molecule has 0 bridgehead atoms. The zero-order chi connectivity index (χ0) is 5.54. The third-order valence-corrected chi connectivity index (χ3v) is 0.765. The summed E-state index contributed by atoms with van der Waals surface area (Å²) in [5.74, 6) is 0. The van der Waals surface area contributed by atoms with Crippen LogP contribution in [0, 0.1) is 0 Å². The Morgan fingerprint density at radius 3 is 2.86 bits per heavy atom. The van der Waals surface area contributed by atoms with Crippen molar-refractivity contribution in [2.75, 3.05) is 4.55 Å². The van der Waals surface area contributed by atoms with E-state index >= 15 is 0 Å². The molecule has 0 fully saturated rings. The van der Waals surface area contributed by atoms with E-state index in [0.29, 0.717) is 0 Å². The molecule has 0 aliphatic heterocycles. The summed E-state index contributed by atoms with van der Waals surface area (Å²) >= 11 is 2.15. The van der Waals surface area contributed by atoms with Crippen molar-refractivity contribution in [1.82, 2.24) is 0 Å². The number of allylic oxidation sites excluding steroid dienone is 1. The number of aliphatic imine (C=N–C) groups is 1. The molecule has 0 spiro atoms. The second-order valence-electron chi connectivity index (χ2n) is 0.836. The molecule has 0 aliphatic rings. The molecule has 0 saturated heterocycles. The Morgan fingerprint density at radius 1 is 1.71 bits per heavy atom. The summed E-state index contributed by atoms with van der Waals surface area (Å²) in [6.07, 6.45) is 4.82. The third-order valence-electron chi connectivity index (χ3n) is 0.372. The zero-order valence-electron chi connectivity index (χ0n) is 3.84. The Labute approximate surface area is 56.6 Å². The van der Waals surface area contributed by atoms with E-state index in [0.717, 1.165) is 4.55 Å². The van der Waals surface area contributed by atoms with Gasteiger partial charge in [0.05, 0.1) is 4.55 Å². The Hall–Kier alpha value is -0.0600. The topological polar surface area (TPSA) is 38.4 Å². The number of nitrogens with two attached hydrogens (primary N) is 1. The third kappa shape index (κ3) is 5.94. The molecule has 0 heterocycles. The van der Waals surface area contributed by atoms with Gasteiger partial charge < -0.3 is 5.73 Å². The highest BCUT2D eigenvalue weighted by Gasteiger charge is 1.58.